The van der Waals surface area contributed by atoms with Gasteiger partial charge in [-0.05, 0) is 19.1 Å². The molecule has 1 fully saturated rings. The molecule has 0 amide bonds. The Labute approximate surface area is 153 Å². The van der Waals surface area contributed by atoms with Gasteiger partial charge in [-0.2, -0.15) is 8.42 Å². The number of nitrogens with zero attached hydrogens (tertiary/aromatic N) is 1. The fourth-order valence-electron chi connectivity index (χ4n) is 2.73. The summed E-state index contributed by atoms with van der Waals surface area (Å²) in [5.41, 5.74) is -0.686. The van der Waals surface area contributed by atoms with Crippen LogP contribution in [-0.2, 0) is 19.0 Å². The first-order valence-corrected chi connectivity index (χ1v) is 9.39. The van der Waals surface area contributed by atoms with Crippen molar-refractivity contribution in [2.75, 3.05) is 6.61 Å². The van der Waals surface area contributed by atoms with Gasteiger partial charge in [-0.25, -0.2) is 4.79 Å². The number of aliphatic hydroxyl groups is 2. The van der Waals surface area contributed by atoms with Crippen LogP contribution in [0.5, 0.6) is 0 Å². The molecule has 0 spiro atoms. The highest BCUT2D eigenvalue weighted by Gasteiger charge is 2.48. The molecule has 1 saturated heterocycles. The van der Waals surface area contributed by atoms with Gasteiger partial charge in [-0.1, -0.05) is 17.7 Å². The van der Waals surface area contributed by atoms with Gasteiger partial charge in [0, 0.05) is 12.3 Å². The Bertz CT molecular complexity index is 1030. The monoisotopic (exact) mass is 398 g/mol. The lowest BCUT2D eigenvalue weighted by Gasteiger charge is -2.21. The summed E-state index contributed by atoms with van der Waals surface area (Å²) in [4.78, 5) is 25.1. The highest BCUT2D eigenvalue weighted by Crippen LogP contribution is 2.33. The molecule has 0 bridgehead atoms. The van der Waals surface area contributed by atoms with Crippen LogP contribution < -0.4 is 11.2 Å². The number of aromatic amines is 1. The Balaban J connectivity index is 1.98. The molecule has 146 valence electrons. The molecule has 2 heterocycles. The first kappa shape index (κ1) is 19.5. The molecule has 11 heteroatoms. The fourth-order valence-corrected chi connectivity index (χ4v) is 3.81. The molecular formula is C16H18N2O8S. The molecular weight excluding hydrogens is 380 g/mol. The minimum Gasteiger partial charge on any atom is -0.394 e. The van der Waals surface area contributed by atoms with Crippen LogP contribution in [0.2, 0.25) is 0 Å². The smallest absolute Gasteiger partial charge is 0.330 e. The second-order valence-corrected chi connectivity index (χ2v) is 7.66. The normalized spacial score (nSPS) is 25.6. The third-order valence-corrected chi connectivity index (χ3v) is 5.49. The maximum absolute atomic E-state index is 12.6. The number of aromatic nitrogens is 2. The first-order valence-electron chi connectivity index (χ1n) is 7.99. The van der Waals surface area contributed by atoms with Gasteiger partial charge in [0.1, 0.15) is 12.2 Å². The summed E-state index contributed by atoms with van der Waals surface area (Å²) in [6, 6.07) is 6.89. The van der Waals surface area contributed by atoms with E-state index in [0.29, 0.717) is 0 Å². The predicted octanol–water partition coefficient (Wildman–Crippen LogP) is -1.13. The van der Waals surface area contributed by atoms with E-state index in [2.05, 4.69) is 0 Å². The largest absolute Gasteiger partial charge is 0.394 e. The first-order chi connectivity index (χ1) is 12.7. The van der Waals surface area contributed by atoms with Crippen LogP contribution >= 0.6 is 0 Å². The van der Waals surface area contributed by atoms with Crippen LogP contribution in [0, 0.1) is 6.92 Å². The second kappa shape index (κ2) is 7.37. The Kier molecular flexibility index (Phi) is 5.31. The Morgan fingerprint density at radius 1 is 1.22 bits per heavy atom. The van der Waals surface area contributed by atoms with E-state index in [4.69, 9.17) is 8.92 Å². The lowest BCUT2D eigenvalue weighted by atomic mass is 10.1. The van der Waals surface area contributed by atoms with Gasteiger partial charge in [-0.15, -0.1) is 0 Å². The molecule has 0 unspecified atom stereocenters. The molecule has 0 aliphatic carbocycles. The predicted molar refractivity (Wildman–Crippen MR) is 91.6 cm³/mol. The van der Waals surface area contributed by atoms with Crippen LogP contribution in [0.3, 0.4) is 0 Å². The number of hydrogen-bond acceptors (Lipinski definition) is 8. The average Bonchev–Trinajstić information content (AvgIpc) is 2.91. The van der Waals surface area contributed by atoms with Crippen molar-refractivity contribution in [3.63, 3.8) is 0 Å². The molecule has 3 N–H and O–H groups in total. The molecule has 1 aliphatic rings. The number of hydrogen-bond donors (Lipinski definition) is 3. The van der Waals surface area contributed by atoms with Crippen molar-refractivity contribution in [1.82, 2.24) is 9.55 Å². The molecule has 1 aliphatic heterocycles. The molecule has 27 heavy (non-hydrogen) atoms. The van der Waals surface area contributed by atoms with Crippen LogP contribution in [0.4, 0.5) is 0 Å². The van der Waals surface area contributed by atoms with Gasteiger partial charge in [0.15, 0.2) is 12.3 Å². The summed E-state index contributed by atoms with van der Waals surface area (Å²) in [7, 11) is -4.30. The standard InChI is InChI=1S/C16H18N2O8S/c1-9-2-4-10(5-3-9)27(23,24)26-14-13(21)11(8-19)25-15(14)18-7-6-12(20)17-16(18)22/h2-7,11,13-15,19,21H,8H2,1H3,(H,17,20,22)/t11-,13+,14+,15-/m1/s1. The minimum absolute atomic E-state index is 0.139. The van der Waals surface area contributed by atoms with Gasteiger partial charge in [0.05, 0.1) is 11.5 Å². The highest BCUT2D eigenvalue weighted by atomic mass is 32.2. The van der Waals surface area contributed by atoms with Crippen LogP contribution in [0.25, 0.3) is 0 Å². The Hall–Kier alpha value is -2.31. The van der Waals surface area contributed by atoms with Gasteiger partial charge < -0.3 is 14.9 Å². The van der Waals surface area contributed by atoms with E-state index >= 15 is 0 Å². The Morgan fingerprint density at radius 2 is 1.89 bits per heavy atom. The van der Waals surface area contributed by atoms with E-state index in [9.17, 15) is 28.2 Å². The van der Waals surface area contributed by atoms with Gasteiger partial charge in [0.2, 0.25) is 0 Å². The topological polar surface area (TPSA) is 148 Å². The van der Waals surface area contributed by atoms with Crippen molar-refractivity contribution in [3.05, 3.63) is 62.9 Å². The third-order valence-electron chi connectivity index (χ3n) is 4.17. The zero-order valence-electron chi connectivity index (χ0n) is 14.2. The quantitative estimate of drug-likeness (QED) is 0.536. The molecule has 4 atom stereocenters. The fraction of sp³-hybridized carbons (Fsp3) is 0.375. The maximum Gasteiger partial charge on any atom is 0.330 e. The number of aryl methyl sites for hydroxylation is 1. The summed E-state index contributed by atoms with van der Waals surface area (Å²) in [6.07, 6.45) is -4.50. The molecule has 0 radical (unpaired) electrons. The van der Waals surface area contributed by atoms with Gasteiger partial charge in [0.25, 0.3) is 15.7 Å². The van der Waals surface area contributed by atoms with E-state index in [1.807, 2.05) is 4.98 Å². The van der Waals surface area contributed by atoms with Crippen LogP contribution in [0.1, 0.15) is 11.8 Å². The molecule has 3 rings (SSSR count). The summed E-state index contributed by atoms with van der Waals surface area (Å²) in [5.74, 6) is 0. The number of ether oxygens (including phenoxy) is 1. The molecule has 0 saturated carbocycles. The summed E-state index contributed by atoms with van der Waals surface area (Å²) in [6.45, 7) is 1.16. The lowest BCUT2D eigenvalue weighted by molar-refractivity contribution is -0.0519. The molecule has 1 aromatic carbocycles. The van der Waals surface area contributed by atoms with E-state index in [-0.39, 0.29) is 4.90 Å². The summed E-state index contributed by atoms with van der Waals surface area (Å²) >= 11 is 0. The number of rotatable bonds is 5. The van der Waals surface area contributed by atoms with Crippen molar-refractivity contribution in [3.8, 4) is 0 Å². The molecule has 2 aromatic rings. The van der Waals surface area contributed by atoms with E-state index in [1.54, 1.807) is 19.1 Å². The molecule has 10 nitrogen and oxygen atoms in total. The average molecular weight is 398 g/mol. The number of H-pyrrole nitrogens is 1. The molecule has 1 aromatic heterocycles. The lowest BCUT2D eigenvalue weighted by Crippen LogP contribution is -2.40. The van der Waals surface area contributed by atoms with E-state index in [1.165, 1.54) is 12.1 Å². The summed E-state index contributed by atoms with van der Waals surface area (Å²) < 4.78 is 36.6. The Morgan fingerprint density at radius 3 is 2.48 bits per heavy atom. The number of aliphatic hydroxyl groups excluding tert-OH is 2. The maximum atomic E-state index is 12.6. The van der Waals surface area contributed by atoms with Gasteiger partial charge in [-0.3, -0.25) is 18.5 Å². The van der Waals surface area contributed by atoms with Crippen molar-refractivity contribution in [2.24, 2.45) is 0 Å². The van der Waals surface area contributed by atoms with Crippen molar-refractivity contribution in [1.29, 1.82) is 0 Å². The number of benzene rings is 1. The summed E-state index contributed by atoms with van der Waals surface area (Å²) in [5, 5.41) is 19.7. The van der Waals surface area contributed by atoms with Crippen LogP contribution in [-0.4, -0.2) is 53.1 Å². The zero-order valence-corrected chi connectivity index (χ0v) is 15.0. The van der Waals surface area contributed by atoms with Crippen LogP contribution in [0.15, 0.2) is 51.0 Å². The highest BCUT2D eigenvalue weighted by molar-refractivity contribution is 7.86. The SMILES string of the molecule is Cc1ccc(S(=O)(=O)O[C@H]2[C@@H](O)[C@@H](CO)O[C@H]2n2ccc(=O)[nH]c2=O)cc1. The van der Waals surface area contributed by atoms with E-state index in [0.717, 1.165) is 22.4 Å². The van der Waals surface area contributed by atoms with Crippen molar-refractivity contribution < 1.29 is 27.6 Å². The van der Waals surface area contributed by atoms with Crippen molar-refractivity contribution >= 4 is 10.1 Å². The van der Waals surface area contributed by atoms with Gasteiger partial charge >= 0.3 is 5.69 Å². The number of nitrogens with one attached hydrogen (secondary N) is 1. The van der Waals surface area contributed by atoms with E-state index < -0.39 is 52.5 Å². The zero-order chi connectivity index (χ0) is 19.8. The minimum atomic E-state index is -4.30. The third kappa shape index (κ3) is 3.87. The second-order valence-electron chi connectivity index (χ2n) is 6.08. The van der Waals surface area contributed by atoms with Crippen molar-refractivity contribution in [2.45, 2.75) is 36.4 Å².